The zero-order valence-electron chi connectivity index (χ0n) is 15.2. The largest absolute Gasteiger partial charge is 0.486 e. The molecule has 0 bridgehead atoms. The number of carbonyl (C=O) groups excluding carboxylic acids is 2. The zero-order chi connectivity index (χ0) is 20.4. The molecule has 1 fully saturated rings. The van der Waals surface area contributed by atoms with E-state index >= 15 is 0 Å². The summed E-state index contributed by atoms with van der Waals surface area (Å²) < 4.78 is 44.2. The lowest BCUT2D eigenvalue weighted by molar-refractivity contribution is -0.126. The Bertz CT molecular complexity index is 1020. The molecule has 2 heterocycles. The van der Waals surface area contributed by atoms with Gasteiger partial charge in [-0.3, -0.25) is 4.79 Å². The number of sulfonamides is 1. The average Bonchev–Trinajstić information content (AvgIpc) is 3.05. The van der Waals surface area contributed by atoms with Gasteiger partial charge in [-0.15, -0.1) is 0 Å². The van der Waals surface area contributed by atoms with Gasteiger partial charge in [-0.1, -0.05) is 30.3 Å². The minimum absolute atomic E-state index is 0.0157. The summed E-state index contributed by atoms with van der Waals surface area (Å²) in [6.45, 7) is 0.184. The third kappa shape index (κ3) is 4.03. The summed E-state index contributed by atoms with van der Waals surface area (Å²) in [6.07, 6.45) is -0.797. The maximum absolute atomic E-state index is 13.0. The fourth-order valence-corrected chi connectivity index (χ4v) is 4.31. The molecule has 9 nitrogen and oxygen atoms in total. The summed E-state index contributed by atoms with van der Waals surface area (Å²) in [6, 6.07) is 12.2. The van der Waals surface area contributed by atoms with E-state index in [1.165, 1.54) is 18.2 Å². The van der Waals surface area contributed by atoms with Crippen molar-refractivity contribution in [2.45, 2.75) is 10.9 Å². The predicted octanol–water partition coefficient (Wildman–Crippen LogP) is 1.46. The number of fused-ring (bicyclic) bond motifs is 1. The number of amides is 2. The van der Waals surface area contributed by atoms with Crippen molar-refractivity contribution in [2.24, 2.45) is 0 Å². The number of hydrogen-bond acceptors (Lipinski definition) is 7. The van der Waals surface area contributed by atoms with Crippen molar-refractivity contribution in [3.63, 3.8) is 0 Å². The van der Waals surface area contributed by atoms with Gasteiger partial charge in [0, 0.05) is 6.07 Å². The first-order chi connectivity index (χ1) is 13.9. The fourth-order valence-electron chi connectivity index (χ4n) is 3.08. The molecular weight excluding hydrogens is 400 g/mol. The third-order valence-electron chi connectivity index (χ3n) is 4.53. The third-order valence-corrected chi connectivity index (χ3v) is 6.00. The van der Waals surface area contributed by atoms with Crippen LogP contribution < -0.4 is 14.2 Å². The van der Waals surface area contributed by atoms with Crippen LogP contribution in [0.4, 0.5) is 4.79 Å². The Morgan fingerprint density at radius 1 is 0.966 bits per heavy atom. The van der Waals surface area contributed by atoms with Crippen molar-refractivity contribution >= 4 is 22.0 Å². The number of imide groups is 1. The molecule has 0 aromatic heterocycles. The molecule has 152 valence electrons. The molecule has 1 N–H and O–H groups in total. The van der Waals surface area contributed by atoms with Crippen LogP contribution in [0.3, 0.4) is 0 Å². The SMILES string of the molecule is O=C1COC(=O)N1C[C@@H](NS(=O)(=O)c1ccc2c(c1)OCCO2)c1ccccc1. The highest BCUT2D eigenvalue weighted by Gasteiger charge is 2.35. The van der Waals surface area contributed by atoms with E-state index in [9.17, 15) is 18.0 Å². The van der Waals surface area contributed by atoms with Gasteiger partial charge in [0.15, 0.2) is 18.1 Å². The molecular formula is C19H18N2O7S. The Morgan fingerprint density at radius 2 is 1.69 bits per heavy atom. The van der Waals surface area contributed by atoms with Gasteiger partial charge < -0.3 is 14.2 Å². The van der Waals surface area contributed by atoms with Crippen LogP contribution in [-0.2, 0) is 19.6 Å². The van der Waals surface area contributed by atoms with E-state index in [0.29, 0.717) is 30.3 Å². The van der Waals surface area contributed by atoms with E-state index < -0.39 is 28.1 Å². The summed E-state index contributed by atoms with van der Waals surface area (Å²) in [4.78, 5) is 24.6. The second kappa shape index (κ2) is 7.72. The van der Waals surface area contributed by atoms with E-state index in [1.54, 1.807) is 30.3 Å². The summed E-state index contributed by atoms with van der Waals surface area (Å²) >= 11 is 0. The van der Waals surface area contributed by atoms with E-state index in [2.05, 4.69) is 4.72 Å². The number of carbonyl (C=O) groups is 2. The van der Waals surface area contributed by atoms with Gasteiger partial charge in [0.05, 0.1) is 17.5 Å². The normalized spacial score (nSPS) is 17.2. The van der Waals surface area contributed by atoms with Crippen LogP contribution in [0.25, 0.3) is 0 Å². The molecule has 0 aliphatic carbocycles. The number of nitrogens with zero attached hydrogens (tertiary/aromatic N) is 1. The van der Waals surface area contributed by atoms with Crippen molar-refractivity contribution in [3.8, 4) is 11.5 Å². The highest BCUT2D eigenvalue weighted by Crippen LogP contribution is 2.32. The predicted molar refractivity (Wildman–Crippen MR) is 100.0 cm³/mol. The van der Waals surface area contributed by atoms with E-state index in [1.807, 2.05) is 0 Å². The van der Waals surface area contributed by atoms with E-state index in [4.69, 9.17) is 14.2 Å². The fraction of sp³-hybridized carbons (Fsp3) is 0.263. The van der Waals surface area contributed by atoms with Crippen molar-refractivity contribution in [2.75, 3.05) is 26.4 Å². The van der Waals surface area contributed by atoms with Crippen LogP contribution >= 0.6 is 0 Å². The summed E-state index contributed by atoms with van der Waals surface area (Å²) in [5.74, 6) is 0.295. The minimum Gasteiger partial charge on any atom is -0.486 e. The van der Waals surface area contributed by atoms with Crippen molar-refractivity contribution < 1.29 is 32.2 Å². The van der Waals surface area contributed by atoms with Crippen molar-refractivity contribution in [1.29, 1.82) is 0 Å². The summed E-state index contributed by atoms with van der Waals surface area (Å²) in [5, 5.41) is 0. The van der Waals surface area contributed by atoms with E-state index in [0.717, 1.165) is 4.90 Å². The maximum Gasteiger partial charge on any atom is 0.417 e. The van der Waals surface area contributed by atoms with Gasteiger partial charge in [0.25, 0.3) is 5.91 Å². The van der Waals surface area contributed by atoms with Crippen LogP contribution in [0, 0.1) is 0 Å². The van der Waals surface area contributed by atoms with Gasteiger partial charge in [-0.25, -0.2) is 22.8 Å². The maximum atomic E-state index is 13.0. The molecule has 1 saturated heterocycles. The van der Waals surface area contributed by atoms with Crippen LogP contribution in [0.5, 0.6) is 11.5 Å². The Balaban J connectivity index is 1.63. The molecule has 2 aliphatic rings. The van der Waals surface area contributed by atoms with Gasteiger partial charge in [-0.05, 0) is 17.7 Å². The van der Waals surface area contributed by atoms with Crippen molar-refractivity contribution in [3.05, 3.63) is 54.1 Å². The first-order valence-electron chi connectivity index (χ1n) is 8.88. The summed E-state index contributed by atoms with van der Waals surface area (Å²) in [5.41, 5.74) is 0.598. The lowest BCUT2D eigenvalue weighted by atomic mass is 10.1. The molecule has 2 aliphatic heterocycles. The Labute approximate surface area is 167 Å². The van der Waals surface area contributed by atoms with Gasteiger partial charge in [0.1, 0.15) is 13.2 Å². The number of hydrogen-bond donors (Lipinski definition) is 1. The highest BCUT2D eigenvalue weighted by atomic mass is 32.2. The second-order valence-corrected chi connectivity index (χ2v) is 8.16. The van der Waals surface area contributed by atoms with Gasteiger partial charge >= 0.3 is 6.09 Å². The Hall–Kier alpha value is -3.11. The molecule has 10 heteroatoms. The lowest BCUT2D eigenvalue weighted by Crippen LogP contribution is -2.40. The minimum atomic E-state index is -3.99. The molecule has 2 amide bonds. The number of ether oxygens (including phenoxy) is 3. The standard InChI is InChI=1S/C19H18N2O7S/c22-18-12-28-19(23)21(18)11-15(13-4-2-1-3-5-13)20-29(24,25)14-6-7-16-17(10-14)27-9-8-26-16/h1-7,10,15,20H,8-9,11-12H2/t15-/m1/s1. The molecule has 1 atom stereocenters. The first kappa shape index (κ1) is 19.2. The zero-order valence-corrected chi connectivity index (χ0v) is 16.1. The molecule has 2 aromatic rings. The summed E-state index contributed by atoms with van der Waals surface area (Å²) in [7, 11) is -3.99. The monoisotopic (exact) mass is 418 g/mol. The molecule has 0 saturated carbocycles. The molecule has 4 rings (SSSR count). The van der Waals surface area contributed by atoms with Crippen LogP contribution in [-0.4, -0.2) is 51.7 Å². The Morgan fingerprint density at radius 3 is 2.38 bits per heavy atom. The molecule has 29 heavy (non-hydrogen) atoms. The van der Waals surface area contributed by atoms with Crippen LogP contribution in [0.1, 0.15) is 11.6 Å². The lowest BCUT2D eigenvalue weighted by Gasteiger charge is -2.23. The quantitative estimate of drug-likeness (QED) is 0.756. The molecule has 0 radical (unpaired) electrons. The molecule has 0 unspecified atom stereocenters. The average molecular weight is 418 g/mol. The first-order valence-corrected chi connectivity index (χ1v) is 10.4. The van der Waals surface area contributed by atoms with Gasteiger partial charge in [-0.2, -0.15) is 0 Å². The smallest absolute Gasteiger partial charge is 0.417 e. The molecule has 2 aromatic carbocycles. The Kier molecular flexibility index (Phi) is 5.12. The van der Waals surface area contributed by atoms with Crippen LogP contribution in [0.15, 0.2) is 53.4 Å². The van der Waals surface area contributed by atoms with E-state index in [-0.39, 0.29) is 18.0 Å². The number of nitrogens with one attached hydrogen (secondary N) is 1. The second-order valence-electron chi connectivity index (χ2n) is 6.45. The van der Waals surface area contributed by atoms with Gasteiger partial charge in [0.2, 0.25) is 10.0 Å². The van der Waals surface area contributed by atoms with Crippen LogP contribution in [0.2, 0.25) is 0 Å². The van der Waals surface area contributed by atoms with Crippen molar-refractivity contribution in [1.82, 2.24) is 9.62 Å². The number of cyclic esters (lactones) is 1. The number of rotatable bonds is 6. The topological polar surface area (TPSA) is 111 Å². The number of benzene rings is 2. The molecule has 0 spiro atoms. The highest BCUT2D eigenvalue weighted by molar-refractivity contribution is 7.89.